The maximum atomic E-state index is 5.67. The average molecular weight is 261 g/mol. The molecule has 2 rings (SSSR count). The van der Waals surface area contributed by atoms with Gasteiger partial charge in [0.25, 0.3) is 0 Å². The van der Waals surface area contributed by atoms with Crippen LogP contribution in [0.4, 0.5) is 0 Å². The molecule has 0 bridgehead atoms. The second-order valence-electron chi connectivity index (χ2n) is 5.82. The maximum absolute atomic E-state index is 5.67. The summed E-state index contributed by atoms with van der Waals surface area (Å²) in [5.41, 5.74) is 1.50. The van der Waals surface area contributed by atoms with Crippen molar-refractivity contribution in [2.45, 2.75) is 52.0 Å². The van der Waals surface area contributed by atoms with Crippen molar-refractivity contribution in [3.8, 4) is 5.75 Å². The van der Waals surface area contributed by atoms with Gasteiger partial charge >= 0.3 is 0 Å². The largest absolute Gasteiger partial charge is 0.494 e. The minimum Gasteiger partial charge on any atom is -0.494 e. The summed E-state index contributed by atoms with van der Waals surface area (Å²) in [6.45, 7) is 8.54. The lowest BCUT2D eigenvalue weighted by atomic mass is 9.76. The molecule has 1 saturated heterocycles. The predicted molar refractivity (Wildman–Crippen MR) is 80.6 cm³/mol. The van der Waals surface area contributed by atoms with E-state index in [0.29, 0.717) is 5.92 Å². The molecule has 19 heavy (non-hydrogen) atoms. The van der Waals surface area contributed by atoms with Crippen molar-refractivity contribution in [1.29, 1.82) is 0 Å². The molecule has 1 aliphatic heterocycles. The van der Waals surface area contributed by atoms with E-state index in [0.717, 1.165) is 18.9 Å². The molecule has 1 unspecified atom stereocenters. The quantitative estimate of drug-likeness (QED) is 0.881. The van der Waals surface area contributed by atoms with Crippen LogP contribution in [0.15, 0.2) is 24.3 Å². The van der Waals surface area contributed by atoms with Crippen molar-refractivity contribution < 1.29 is 4.74 Å². The fourth-order valence-corrected chi connectivity index (χ4v) is 3.21. The van der Waals surface area contributed by atoms with Gasteiger partial charge in [0.2, 0.25) is 0 Å². The van der Waals surface area contributed by atoms with Gasteiger partial charge in [-0.1, -0.05) is 38.8 Å². The summed E-state index contributed by atoms with van der Waals surface area (Å²) in [6.07, 6.45) is 5.16. The van der Waals surface area contributed by atoms with Crippen molar-refractivity contribution in [2.75, 3.05) is 13.2 Å². The maximum Gasteiger partial charge on any atom is 0.119 e. The molecule has 1 atom stereocenters. The van der Waals surface area contributed by atoms with Crippen LogP contribution in [0.2, 0.25) is 0 Å². The van der Waals surface area contributed by atoms with Gasteiger partial charge in [-0.15, -0.1) is 0 Å². The van der Waals surface area contributed by atoms with E-state index in [1.807, 2.05) is 6.92 Å². The van der Waals surface area contributed by atoms with Crippen molar-refractivity contribution in [1.82, 2.24) is 5.32 Å². The molecule has 0 amide bonds. The Kier molecular flexibility index (Phi) is 4.87. The minimum atomic E-state index is 0.115. The zero-order chi connectivity index (χ0) is 13.7. The number of hydrogen-bond donors (Lipinski definition) is 1. The molecular formula is C17H27NO. The first-order valence-electron chi connectivity index (χ1n) is 7.67. The Labute approximate surface area is 117 Å². The first-order chi connectivity index (χ1) is 9.19. The zero-order valence-corrected chi connectivity index (χ0v) is 12.5. The van der Waals surface area contributed by atoms with Gasteiger partial charge in [0.1, 0.15) is 5.75 Å². The van der Waals surface area contributed by atoms with Crippen molar-refractivity contribution in [2.24, 2.45) is 5.92 Å². The Morgan fingerprint density at radius 1 is 1.26 bits per heavy atom. The fraction of sp³-hybridized carbons (Fsp3) is 0.647. The molecule has 0 radical (unpaired) electrons. The van der Waals surface area contributed by atoms with E-state index in [9.17, 15) is 0 Å². The highest BCUT2D eigenvalue weighted by molar-refractivity contribution is 5.34. The fourth-order valence-electron chi connectivity index (χ4n) is 3.21. The molecule has 2 nitrogen and oxygen atoms in total. The van der Waals surface area contributed by atoms with Gasteiger partial charge in [0, 0.05) is 5.54 Å². The Bertz CT molecular complexity index is 392. The molecule has 1 aromatic rings. The van der Waals surface area contributed by atoms with E-state index in [1.54, 1.807) is 0 Å². The minimum absolute atomic E-state index is 0.115. The van der Waals surface area contributed by atoms with Crippen LogP contribution in [0, 0.1) is 5.92 Å². The van der Waals surface area contributed by atoms with Crippen molar-refractivity contribution in [3.63, 3.8) is 0 Å². The first kappa shape index (κ1) is 14.4. The van der Waals surface area contributed by atoms with Gasteiger partial charge in [-0.2, -0.15) is 0 Å². The molecule has 0 aromatic heterocycles. The third-order valence-corrected chi connectivity index (χ3v) is 4.33. The molecule has 0 spiro atoms. The van der Waals surface area contributed by atoms with Crippen LogP contribution >= 0.6 is 0 Å². The summed E-state index contributed by atoms with van der Waals surface area (Å²) in [5, 5.41) is 3.82. The van der Waals surface area contributed by atoms with Crippen LogP contribution in [0.1, 0.15) is 52.0 Å². The van der Waals surface area contributed by atoms with Crippen LogP contribution in [0.5, 0.6) is 5.75 Å². The summed E-state index contributed by atoms with van der Waals surface area (Å²) in [5.74, 6) is 1.58. The third-order valence-electron chi connectivity index (χ3n) is 4.33. The molecule has 0 aliphatic carbocycles. The number of nitrogens with one attached hydrogen (secondary N) is 1. The summed E-state index contributed by atoms with van der Waals surface area (Å²) in [6, 6.07) is 8.65. The summed E-state index contributed by atoms with van der Waals surface area (Å²) < 4.78 is 5.67. The molecule has 1 heterocycles. The van der Waals surface area contributed by atoms with E-state index in [2.05, 4.69) is 43.4 Å². The van der Waals surface area contributed by atoms with Crippen LogP contribution in [-0.4, -0.2) is 13.2 Å². The highest BCUT2D eigenvalue weighted by atomic mass is 16.5. The van der Waals surface area contributed by atoms with Gasteiger partial charge in [0.15, 0.2) is 0 Å². The molecule has 0 saturated carbocycles. The van der Waals surface area contributed by atoms with Crippen LogP contribution in [-0.2, 0) is 5.54 Å². The van der Waals surface area contributed by atoms with E-state index < -0.39 is 0 Å². The van der Waals surface area contributed by atoms with Crippen LogP contribution in [0.3, 0.4) is 0 Å². The Morgan fingerprint density at radius 2 is 2.11 bits per heavy atom. The molecule has 1 N–H and O–H groups in total. The van der Waals surface area contributed by atoms with E-state index in [1.165, 1.54) is 31.2 Å². The highest BCUT2D eigenvalue weighted by Gasteiger charge is 2.35. The summed E-state index contributed by atoms with van der Waals surface area (Å²) in [4.78, 5) is 0. The van der Waals surface area contributed by atoms with E-state index >= 15 is 0 Å². The van der Waals surface area contributed by atoms with Gasteiger partial charge < -0.3 is 10.1 Å². The van der Waals surface area contributed by atoms with Crippen LogP contribution in [0.25, 0.3) is 0 Å². The van der Waals surface area contributed by atoms with Gasteiger partial charge in [-0.05, 0) is 49.9 Å². The van der Waals surface area contributed by atoms with Crippen molar-refractivity contribution >= 4 is 0 Å². The topological polar surface area (TPSA) is 21.3 Å². The Hall–Kier alpha value is -1.02. The number of ether oxygens (including phenoxy) is 1. The number of hydrogen-bond acceptors (Lipinski definition) is 2. The zero-order valence-electron chi connectivity index (χ0n) is 12.5. The smallest absolute Gasteiger partial charge is 0.119 e. The second-order valence-corrected chi connectivity index (χ2v) is 5.82. The average Bonchev–Trinajstić information content (AvgIpc) is 2.66. The number of benzene rings is 1. The monoisotopic (exact) mass is 261 g/mol. The number of rotatable bonds is 4. The molecular weight excluding hydrogens is 234 g/mol. The standard InChI is InChI=1S/C17H27NO/c1-4-19-16-10-8-9-15(13-16)17(14(2)3)11-6-5-7-12-18-17/h8-10,13-14,18H,4-7,11-12H2,1-3H3. The lowest BCUT2D eigenvalue weighted by Gasteiger charge is -2.38. The molecule has 106 valence electrons. The second kappa shape index (κ2) is 6.42. The molecule has 1 aliphatic rings. The van der Waals surface area contributed by atoms with Gasteiger partial charge in [0.05, 0.1) is 6.61 Å². The molecule has 1 fully saturated rings. The predicted octanol–water partition coefficient (Wildman–Crippen LogP) is 4.10. The van der Waals surface area contributed by atoms with Gasteiger partial charge in [-0.25, -0.2) is 0 Å². The highest BCUT2D eigenvalue weighted by Crippen LogP contribution is 2.37. The van der Waals surface area contributed by atoms with E-state index in [4.69, 9.17) is 4.74 Å². The van der Waals surface area contributed by atoms with Gasteiger partial charge in [-0.3, -0.25) is 0 Å². The summed E-state index contributed by atoms with van der Waals surface area (Å²) in [7, 11) is 0. The lowest BCUT2D eigenvalue weighted by molar-refractivity contribution is 0.229. The molecule has 2 heteroatoms. The van der Waals surface area contributed by atoms with Crippen LogP contribution < -0.4 is 10.1 Å². The lowest BCUT2D eigenvalue weighted by Crippen LogP contribution is -2.46. The summed E-state index contributed by atoms with van der Waals surface area (Å²) >= 11 is 0. The third kappa shape index (κ3) is 3.11. The van der Waals surface area contributed by atoms with Crippen molar-refractivity contribution in [3.05, 3.63) is 29.8 Å². The molecule has 1 aromatic carbocycles. The Balaban J connectivity index is 2.34. The Morgan fingerprint density at radius 3 is 2.84 bits per heavy atom. The normalized spacial score (nSPS) is 24.2. The first-order valence-corrected chi connectivity index (χ1v) is 7.67. The van der Waals surface area contributed by atoms with E-state index in [-0.39, 0.29) is 5.54 Å². The SMILES string of the molecule is CCOc1cccc(C2(C(C)C)CCCCCN2)c1.